The Kier molecular flexibility index (Phi) is 9.46. The van der Waals surface area contributed by atoms with E-state index in [1.165, 1.54) is 18.0 Å². The van der Waals surface area contributed by atoms with Crippen LogP contribution in [0.2, 0.25) is 0 Å². The third-order valence-corrected chi connectivity index (χ3v) is 8.29. The molecule has 7 atom stereocenters. The molecule has 0 unspecified atom stereocenters. The number of carbonyl (C=O) groups excluding carboxylic acids is 1. The number of methoxy groups -OCH3 is 1. The number of hydrogen-bond acceptors (Lipinski definition) is 9. The van der Waals surface area contributed by atoms with Gasteiger partial charge in [-0.15, -0.1) is 5.10 Å². The van der Waals surface area contributed by atoms with E-state index in [0.29, 0.717) is 19.4 Å². The predicted octanol–water partition coefficient (Wildman–Crippen LogP) is 1.59. The van der Waals surface area contributed by atoms with Gasteiger partial charge in [0.15, 0.2) is 23.6 Å². The zero-order valence-corrected chi connectivity index (χ0v) is 23.8. The first-order valence-electron chi connectivity index (χ1n) is 14.2. The highest BCUT2D eigenvalue weighted by atomic mass is 19.2. The van der Waals surface area contributed by atoms with Crippen molar-refractivity contribution in [3.63, 3.8) is 0 Å². The highest BCUT2D eigenvalue weighted by Crippen LogP contribution is 2.35. The lowest BCUT2D eigenvalue weighted by atomic mass is 9.88. The average Bonchev–Trinajstić information content (AvgIpc) is 3.68. The molecule has 5 rings (SSSR count). The summed E-state index contributed by atoms with van der Waals surface area (Å²) in [5.41, 5.74) is 0.609. The standard InChI is InChI=1S/C28H35F3N6O6/c1-3-36-16(8-9-32-36)12-35(20-6-4-5-7-21(20)39)28(41)27-26(42-2)24(25(40)22(14-38)43-27)37-13-19(33-34-37)15-10-17(29)23(31)18(30)11-15/h8-11,13,20-22,24-27,38-40H,3-7,12,14H2,1-2H3/t20-,21-,22+,24-,25-,26+,27+/m0/s1. The van der Waals surface area contributed by atoms with Crippen LogP contribution in [-0.2, 0) is 27.4 Å². The van der Waals surface area contributed by atoms with Crippen molar-refractivity contribution >= 4 is 5.91 Å². The lowest BCUT2D eigenvalue weighted by Crippen LogP contribution is -2.62. The molecule has 1 amide bonds. The molecule has 3 heterocycles. The van der Waals surface area contributed by atoms with Gasteiger partial charge in [0.05, 0.1) is 37.2 Å². The molecule has 15 heteroatoms. The van der Waals surface area contributed by atoms with Crippen molar-refractivity contribution in [3.05, 3.63) is 53.7 Å². The van der Waals surface area contributed by atoms with Gasteiger partial charge in [0.1, 0.15) is 30.0 Å². The van der Waals surface area contributed by atoms with Gasteiger partial charge in [0.2, 0.25) is 0 Å². The average molecular weight is 609 g/mol. The second-order valence-electron chi connectivity index (χ2n) is 10.8. The van der Waals surface area contributed by atoms with Crippen molar-refractivity contribution in [2.45, 2.75) is 88.3 Å². The first-order valence-corrected chi connectivity index (χ1v) is 14.2. The molecule has 1 aliphatic heterocycles. The van der Waals surface area contributed by atoms with Crippen molar-refractivity contribution in [3.8, 4) is 11.3 Å². The zero-order valence-electron chi connectivity index (χ0n) is 23.8. The third kappa shape index (κ3) is 6.04. The molecule has 2 aliphatic rings. The molecule has 234 valence electrons. The molecule has 43 heavy (non-hydrogen) atoms. The molecule has 1 aromatic carbocycles. The number of hydrogen-bond donors (Lipinski definition) is 3. The lowest BCUT2D eigenvalue weighted by Gasteiger charge is -2.46. The summed E-state index contributed by atoms with van der Waals surface area (Å²) in [4.78, 5) is 15.9. The maximum atomic E-state index is 14.4. The Morgan fingerprint density at radius 1 is 1.19 bits per heavy atom. The summed E-state index contributed by atoms with van der Waals surface area (Å²) < 4.78 is 55.9. The molecule has 0 bridgehead atoms. The lowest BCUT2D eigenvalue weighted by molar-refractivity contribution is -0.219. The smallest absolute Gasteiger partial charge is 0.255 e. The number of ether oxygens (including phenoxy) is 2. The number of aryl methyl sites for hydroxylation is 1. The van der Waals surface area contributed by atoms with E-state index in [1.54, 1.807) is 21.8 Å². The fourth-order valence-corrected chi connectivity index (χ4v) is 6.05. The number of carbonyl (C=O) groups is 1. The number of aliphatic hydroxyl groups excluding tert-OH is 3. The molecule has 12 nitrogen and oxygen atoms in total. The van der Waals surface area contributed by atoms with Gasteiger partial charge in [0, 0.05) is 25.4 Å². The van der Waals surface area contributed by atoms with Gasteiger partial charge in [0.25, 0.3) is 5.91 Å². The van der Waals surface area contributed by atoms with Gasteiger partial charge in [-0.25, -0.2) is 17.9 Å². The predicted molar refractivity (Wildman–Crippen MR) is 144 cm³/mol. The molecule has 3 aromatic rings. The Bertz CT molecular complexity index is 1400. The number of amides is 1. The second kappa shape index (κ2) is 13.1. The monoisotopic (exact) mass is 608 g/mol. The minimum Gasteiger partial charge on any atom is -0.394 e. The molecule has 3 N–H and O–H groups in total. The van der Waals surface area contributed by atoms with Crippen molar-refractivity contribution in [1.82, 2.24) is 29.7 Å². The molecule has 1 aliphatic carbocycles. The van der Waals surface area contributed by atoms with Crippen LogP contribution >= 0.6 is 0 Å². The number of rotatable bonds is 9. The van der Waals surface area contributed by atoms with Crippen LogP contribution in [0.15, 0.2) is 30.6 Å². The van der Waals surface area contributed by atoms with Crippen LogP contribution in [0.25, 0.3) is 11.3 Å². The minimum absolute atomic E-state index is 0.0328. The normalized spacial score (nSPS) is 27.8. The van der Waals surface area contributed by atoms with Crippen molar-refractivity contribution in [2.24, 2.45) is 0 Å². The number of aliphatic hydroxyl groups is 3. The topological polar surface area (TPSA) is 148 Å². The van der Waals surface area contributed by atoms with E-state index in [-0.39, 0.29) is 17.8 Å². The van der Waals surface area contributed by atoms with Gasteiger partial charge in [-0.3, -0.25) is 9.48 Å². The Morgan fingerprint density at radius 3 is 2.56 bits per heavy atom. The van der Waals surface area contributed by atoms with Crippen LogP contribution in [0.4, 0.5) is 13.2 Å². The Morgan fingerprint density at radius 2 is 1.91 bits per heavy atom. The summed E-state index contributed by atoms with van der Waals surface area (Å²) in [6, 6.07) is 1.65. The molecule has 2 aromatic heterocycles. The van der Waals surface area contributed by atoms with E-state index < -0.39 is 72.6 Å². The highest BCUT2D eigenvalue weighted by molar-refractivity contribution is 5.82. The molecule has 2 fully saturated rings. The fourth-order valence-electron chi connectivity index (χ4n) is 6.05. The van der Waals surface area contributed by atoms with E-state index in [0.717, 1.165) is 30.7 Å². The van der Waals surface area contributed by atoms with Crippen LogP contribution < -0.4 is 0 Å². The summed E-state index contributed by atoms with van der Waals surface area (Å²) in [5, 5.41) is 44.5. The second-order valence-corrected chi connectivity index (χ2v) is 10.8. The fraction of sp³-hybridized carbons (Fsp3) is 0.571. The van der Waals surface area contributed by atoms with Gasteiger partial charge in [-0.2, -0.15) is 5.10 Å². The van der Waals surface area contributed by atoms with E-state index in [9.17, 15) is 33.3 Å². The number of halogens is 3. The summed E-state index contributed by atoms with van der Waals surface area (Å²) in [7, 11) is 1.32. The number of nitrogens with zero attached hydrogens (tertiary/aromatic N) is 6. The Labute approximate surface area is 245 Å². The van der Waals surface area contributed by atoms with Crippen LogP contribution in [-0.4, -0.2) is 101 Å². The summed E-state index contributed by atoms with van der Waals surface area (Å²) >= 11 is 0. The molecular weight excluding hydrogens is 573 g/mol. The van der Waals surface area contributed by atoms with Crippen LogP contribution in [0.1, 0.15) is 44.3 Å². The first kappa shape index (κ1) is 31.1. The molecule has 1 saturated heterocycles. The highest BCUT2D eigenvalue weighted by Gasteiger charge is 2.51. The van der Waals surface area contributed by atoms with Gasteiger partial charge >= 0.3 is 0 Å². The maximum Gasteiger partial charge on any atom is 0.255 e. The first-order chi connectivity index (χ1) is 20.7. The van der Waals surface area contributed by atoms with Crippen molar-refractivity contribution in [1.29, 1.82) is 0 Å². The number of benzene rings is 1. The summed E-state index contributed by atoms with van der Waals surface area (Å²) in [6.07, 6.45) is -0.350. The largest absolute Gasteiger partial charge is 0.394 e. The van der Waals surface area contributed by atoms with Crippen LogP contribution in [0.3, 0.4) is 0 Å². The third-order valence-electron chi connectivity index (χ3n) is 8.29. The molecular formula is C28H35F3N6O6. The SMILES string of the molecule is CCn1nccc1CN(C(=O)[C@@H]1O[C@H](CO)[C@H](O)[C@H](n2cc(-c3cc(F)c(F)c(F)c3)nn2)[C@H]1OC)[C@H]1CCCC[C@@H]1O. The van der Waals surface area contributed by atoms with Crippen LogP contribution in [0, 0.1) is 17.5 Å². The van der Waals surface area contributed by atoms with Crippen LogP contribution in [0.5, 0.6) is 0 Å². The van der Waals surface area contributed by atoms with Gasteiger partial charge in [-0.1, -0.05) is 18.1 Å². The van der Waals surface area contributed by atoms with Crippen molar-refractivity contribution in [2.75, 3.05) is 13.7 Å². The molecule has 0 radical (unpaired) electrons. The Hall–Kier alpha value is -3.37. The maximum absolute atomic E-state index is 14.4. The quantitative estimate of drug-likeness (QED) is 0.308. The van der Waals surface area contributed by atoms with Gasteiger partial charge < -0.3 is 29.7 Å². The van der Waals surface area contributed by atoms with E-state index in [2.05, 4.69) is 15.4 Å². The molecule has 1 saturated carbocycles. The Balaban J connectivity index is 1.50. The zero-order chi connectivity index (χ0) is 30.8. The van der Waals surface area contributed by atoms with E-state index in [4.69, 9.17) is 9.47 Å². The summed E-state index contributed by atoms with van der Waals surface area (Å²) in [6.45, 7) is 1.96. The number of aromatic nitrogens is 5. The van der Waals surface area contributed by atoms with Gasteiger partial charge in [-0.05, 0) is 38.0 Å². The van der Waals surface area contributed by atoms with E-state index in [1.807, 2.05) is 6.92 Å². The summed E-state index contributed by atoms with van der Waals surface area (Å²) in [5.74, 6) is -4.98. The van der Waals surface area contributed by atoms with Crippen molar-refractivity contribution < 1.29 is 42.8 Å². The van der Waals surface area contributed by atoms with E-state index >= 15 is 0 Å². The minimum atomic E-state index is -1.63. The molecule has 0 spiro atoms.